The van der Waals surface area contributed by atoms with Gasteiger partial charge in [-0.1, -0.05) is 19.3 Å². The van der Waals surface area contributed by atoms with Crippen LogP contribution in [-0.2, 0) is 20.7 Å². The summed E-state index contributed by atoms with van der Waals surface area (Å²) in [4.78, 5) is 30.7. The lowest BCUT2D eigenvalue weighted by atomic mass is 9.75. The monoisotopic (exact) mass is 465 g/mol. The highest BCUT2D eigenvalue weighted by molar-refractivity contribution is 5.84. The lowest BCUT2D eigenvalue weighted by Gasteiger charge is -2.35. The summed E-state index contributed by atoms with van der Waals surface area (Å²) in [5.74, 6) is 0.418. The Morgan fingerprint density at radius 3 is 2.68 bits per heavy atom. The van der Waals surface area contributed by atoms with Gasteiger partial charge in [0, 0.05) is 6.42 Å². The lowest BCUT2D eigenvalue weighted by Crippen LogP contribution is -2.43. The molecule has 1 aromatic heterocycles. The number of nitrogens with one attached hydrogen (secondary N) is 1. The van der Waals surface area contributed by atoms with Gasteiger partial charge in [-0.25, -0.2) is 4.98 Å². The number of aromatic nitrogens is 2. The molecule has 0 radical (unpaired) electrons. The van der Waals surface area contributed by atoms with E-state index in [1.54, 1.807) is 12.1 Å². The van der Waals surface area contributed by atoms with E-state index in [-0.39, 0.29) is 17.8 Å². The van der Waals surface area contributed by atoms with Crippen LogP contribution in [0.25, 0.3) is 11.0 Å². The minimum Gasteiger partial charge on any atom is -0.466 e. The molecule has 0 spiro atoms. The molecule has 2 aromatic rings. The highest BCUT2D eigenvalue weighted by atomic mass is 16.5. The van der Waals surface area contributed by atoms with Crippen molar-refractivity contribution in [3.63, 3.8) is 0 Å². The molecule has 2 fully saturated rings. The molecule has 2 heterocycles. The largest absolute Gasteiger partial charge is 0.466 e. The van der Waals surface area contributed by atoms with Gasteiger partial charge in [0.1, 0.15) is 11.9 Å². The average molecular weight is 466 g/mol. The highest BCUT2D eigenvalue weighted by Crippen LogP contribution is 2.39. The molecule has 1 unspecified atom stereocenters. The zero-order chi connectivity index (χ0) is 24.1. The molecule has 1 amide bonds. The number of imidazole rings is 1. The number of fused-ring (bicyclic) bond motifs is 1. The van der Waals surface area contributed by atoms with Crippen molar-refractivity contribution >= 4 is 22.9 Å². The van der Waals surface area contributed by atoms with Gasteiger partial charge in [-0.05, 0) is 76.2 Å². The van der Waals surface area contributed by atoms with E-state index in [4.69, 9.17) is 15.5 Å². The summed E-state index contributed by atoms with van der Waals surface area (Å²) < 4.78 is 7.48. The van der Waals surface area contributed by atoms with Gasteiger partial charge in [0.25, 0.3) is 0 Å². The van der Waals surface area contributed by atoms with Gasteiger partial charge in [-0.3, -0.25) is 9.59 Å². The minimum atomic E-state index is -0.560. The summed E-state index contributed by atoms with van der Waals surface area (Å²) >= 11 is 0. The Morgan fingerprint density at radius 2 is 2.03 bits per heavy atom. The van der Waals surface area contributed by atoms with Crippen LogP contribution in [0.4, 0.5) is 0 Å². The average Bonchev–Trinajstić information content (AvgIpc) is 3.21. The SMILES string of the molecule is CCOC(=O)C1(CCc2nc3cc(C#N)ccc3n2C(C(N)=O)C2CCCCC2)CCNCC1. The molecule has 1 saturated heterocycles. The van der Waals surface area contributed by atoms with Crippen LogP contribution in [0.5, 0.6) is 0 Å². The number of esters is 1. The molecule has 1 aliphatic heterocycles. The van der Waals surface area contributed by atoms with E-state index in [0.717, 1.165) is 50.1 Å². The molecule has 1 aliphatic carbocycles. The molecule has 1 aromatic carbocycles. The summed E-state index contributed by atoms with van der Waals surface area (Å²) in [7, 11) is 0. The van der Waals surface area contributed by atoms with Crippen molar-refractivity contribution in [2.24, 2.45) is 17.1 Å². The second-order valence-corrected chi connectivity index (χ2v) is 9.71. The third kappa shape index (κ3) is 4.80. The second kappa shape index (κ2) is 10.6. The van der Waals surface area contributed by atoms with Crippen LogP contribution in [0.15, 0.2) is 18.2 Å². The zero-order valence-corrected chi connectivity index (χ0v) is 20.0. The molecular weight excluding hydrogens is 430 g/mol. The van der Waals surface area contributed by atoms with Crippen molar-refractivity contribution in [2.75, 3.05) is 19.7 Å². The maximum atomic E-state index is 13.0. The van der Waals surface area contributed by atoms with Gasteiger partial charge in [-0.2, -0.15) is 5.26 Å². The maximum Gasteiger partial charge on any atom is 0.312 e. The number of nitriles is 1. The molecule has 1 saturated carbocycles. The first-order valence-electron chi connectivity index (χ1n) is 12.6. The standard InChI is InChI=1S/C26H35N5O3/c1-2-34-25(33)26(12-14-29-15-13-26)11-10-22-30-20-16-18(17-27)8-9-21(20)31(22)23(24(28)32)19-6-4-3-5-7-19/h8-9,16,19,23,29H,2-7,10-15H2,1H3,(H2,28,32). The van der Waals surface area contributed by atoms with Gasteiger partial charge < -0.3 is 20.4 Å². The molecule has 182 valence electrons. The van der Waals surface area contributed by atoms with Crippen molar-refractivity contribution in [2.45, 2.75) is 70.8 Å². The number of hydrogen-bond acceptors (Lipinski definition) is 6. The summed E-state index contributed by atoms with van der Waals surface area (Å²) in [6.45, 7) is 3.73. The molecule has 1 atom stereocenters. The van der Waals surface area contributed by atoms with E-state index >= 15 is 0 Å². The summed E-state index contributed by atoms with van der Waals surface area (Å²) in [5, 5.41) is 12.7. The van der Waals surface area contributed by atoms with Crippen LogP contribution in [0, 0.1) is 22.7 Å². The molecule has 8 nitrogen and oxygen atoms in total. The Labute approximate surface area is 200 Å². The fourth-order valence-corrected chi connectivity index (χ4v) is 5.82. The third-order valence-electron chi connectivity index (χ3n) is 7.65. The van der Waals surface area contributed by atoms with E-state index in [9.17, 15) is 14.9 Å². The number of ether oxygens (including phenoxy) is 1. The van der Waals surface area contributed by atoms with Crippen LogP contribution in [-0.4, -0.2) is 41.1 Å². The van der Waals surface area contributed by atoms with Gasteiger partial charge >= 0.3 is 5.97 Å². The highest BCUT2D eigenvalue weighted by Gasteiger charge is 2.41. The molecular formula is C26H35N5O3. The third-order valence-corrected chi connectivity index (χ3v) is 7.65. The van der Waals surface area contributed by atoms with Crippen molar-refractivity contribution < 1.29 is 14.3 Å². The number of aryl methyl sites for hydroxylation is 1. The van der Waals surface area contributed by atoms with Crippen molar-refractivity contribution in [3.8, 4) is 6.07 Å². The fraction of sp³-hybridized carbons (Fsp3) is 0.615. The van der Waals surface area contributed by atoms with Gasteiger partial charge in [0.15, 0.2) is 0 Å². The first kappa shape index (κ1) is 24.2. The first-order chi connectivity index (χ1) is 16.5. The number of benzene rings is 1. The number of rotatable bonds is 8. The number of carbonyl (C=O) groups is 2. The van der Waals surface area contributed by atoms with Gasteiger partial charge in [0.05, 0.1) is 34.7 Å². The Balaban J connectivity index is 1.74. The Bertz CT molecular complexity index is 1070. The first-order valence-corrected chi connectivity index (χ1v) is 12.6. The van der Waals surface area contributed by atoms with Gasteiger partial charge in [-0.15, -0.1) is 0 Å². The second-order valence-electron chi connectivity index (χ2n) is 9.71. The van der Waals surface area contributed by atoms with E-state index in [1.807, 2.05) is 17.6 Å². The Kier molecular flexibility index (Phi) is 7.52. The fourth-order valence-electron chi connectivity index (χ4n) is 5.82. The molecule has 34 heavy (non-hydrogen) atoms. The van der Waals surface area contributed by atoms with E-state index < -0.39 is 11.5 Å². The molecule has 0 bridgehead atoms. The van der Waals surface area contributed by atoms with E-state index in [0.29, 0.717) is 43.4 Å². The number of piperidine rings is 1. The summed E-state index contributed by atoms with van der Waals surface area (Å²) in [6, 6.07) is 7.08. The van der Waals surface area contributed by atoms with Crippen LogP contribution in [0.3, 0.4) is 0 Å². The van der Waals surface area contributed by atoms with Crippen LogP contribution < -0.4 is 11.1 Å². The molecule has 8 heteroatoms. The molecule has 4 rings (SSSR count). The normalized spacial score (nSPS) is 19.4. The minimum absolute atomic E-state index is 0.148. The van der Waals surface area contributed by atoms with Crippen molar-refractivity contribution in [3.05, 3.63) is 29.6 Å². The number of primary amides is 1. The predicted molar refractivity (Wildman–Crippen MR) is 129 cm³/mol. The van der Waals surface area contributed by atoms with Gasteiger partial charge in [0.2, 0.25) is 5.91 Å². The maximum absolute atomic E-state index is 13.0. The Morgan fingerprint density at radius 1 is 1.29 bits per heavy atom. The predicted octanol–water partition coefficient (Wildman–Crippen LogP) is 3.38. The quantitative estimate of drug-likeness (QED) is 0.576. The number of amides is 1. The molecule has 3 N–H and O–H groups in total. The number of nitrogens with two attached hydrogens (primary N) is 1. The van der Waals surface area contributed by atoms with Crippen LogP contribution in [0.1, 0.15) is 75.7 Å². The van der Waals surface area contributed by atoms with Crippen LogP contribution in [0.2, 0.25) is 0 Å². The number of carbonyl (C=O) groups excluding carboxylic acids is 2. The van der Waals surface area contributed by atoms with E-state index in [1.165, 1.54) is 6.42 Å². The van der Waals surface area contributed by atoms with Crippen LogP contribution >= 0.6 is 0 Å². The smallest absolute Gasteiger partial charge is 0.312 e. The van der Waals surface area contributed by atoms with Crippen molar-refractivity contribution in [1.29, 1.82) is 5.26 Å². The van der Waals surface area contributed by atoms with Crippen molar-refractivity contribution in [1.82, 2.24) is 14.9 Å². The summed E-state index contributed by atoms with van der Waals surface area (Å²) in [5.41, 5.74) is 7.48. The topological polar surface area (TPSA) is 123 Å². The lowest BCUT2D eigenvalue weighted by molar-refractivity contribution is -0.157. The Hall–Kier alpha value is -2.92. The zero-order valence-electron chi connectivity index (χ0n) is 20.0. The molecule has 2 aliphatic rings. The summed E-state index contributed by atoms with van der Waals surface area (Å²) in [6.07, 6.45) is 7.84. The van der Waals surface area contributed by atoms with E-state index in [2.05, 4.69) is 11.4 Å². The number of nitrogens with zero attached hydrogens (tertiary/aromatic N) is 3. The number of hydrogen-bond donors (Lipinski definition) is 2.